The number of H-pyrrole nitrogens is 1. The summed E-state index contributed by atoms with van der Waals surface area (Å²) in [5, 5.41) is 11.2. The maximum atomic E-state index is 5.49. The van der Waals surface area contributed by atoms with Crippen LogP contribution < -0.4 is 14.2 Å². The summed E-state index contributed by atoms with van der Waals surface area (Å²) in [5.74, 6) is 2.46. The lowest BCUT2D eigenvalue weighted by Gasteiger charge is -2.14. The van der Waals surface area contributed by atoms with Crippen LogP contribution >= 0.6 is 0 Å². The Morgan fingerprint density at radius 1 is 1.07 bits per heavy atom. The SMILES string of the molecule is COc1ccc(-c2noc(CN(C)Cc3cc(C)[nH]n3)n2)c(OC)c1OC. The van der Waals surface area contributed by atoms with E-state index in [1.165, 1.54) is 0 Å². The van der Waals surface area contributed by atoms with Gasteiger partial charge < -0.3 is 18.7 Å². The molecule has 144 valence electrons. The minimum atomic E-state index is 0.423. The molecule has 9 nitrogen and oxygen atoms in total. The summed E-state index contributed by atoms with van der Waals surface area (Å²) >= 11 is 0. The summed E-state index contributed by atoms with van der Waals surface area (Å²) in [4.78, 5) is 6.52. The number of nitrogens with zero attached hydrogens (tertiary/aromatic N) is 4. The largest absolute Gasteiger partial charge is 0.493 e. The smallest absolute Gasteiger partial charge is 0.241 e. The van der Waals surface area contributed by atoms with Gasteiger partial charge in [0.2, 0.25) is 17.5 Å². The summed E-state index contributed by atoms with van der Waals surface area (Å²) in [6.07, 6.45) is 0. The van der Waals surface area contributed by atoms with E-state index in [9.17, 15) is 0 Å². The number of ether oxygens (including phenoxy) is 3. The van der Waals surface area contributed by atoms with E-state index in [0.29, 0.717) is 47.6 Å². The van der Waals surface area contributed by atoms with E-state index in [0.717, 1.165) is 11.4 Å². The lowest BCUT2D eigenvalue weighted by molar-refractivity contribution is 0.258. The van der Waals surface area contributed by atoms with Gasteiger partial charge in [-0.05, 0) is 32.2 Å². The fraction of sp³-hybridized carbons (Fsp3) is 0.389. The van der Waals surface area contributed by atoms with E-state index in [1.54, 1.807) is 27.4 Å². The van der Waals surface area contributed by atoms with Crippen LogP contribution in [0.1, 0.15) is 17.3 Å². The molecule has 0 radical (unpaired) electrons. The quantitative estimate of drug-likeness (QED) is 0.643. The average Bonchev–Trinajstić information content (AvgIpc) is 3.28. The Balaban J connectivity index is 1.79. The Hall–Kier alpha value is -3.07. The van der Waals surface area contributed by atoms with E-state index in [-0.39, 0.29) is 0 Å². The summed E-state index contributed by atoms with van der Waals surface area (Å²) in [6.45, 7) is 3.13. The molecule has 3 aromatic rings. The van der Waals surface area contributed by atoms with E-state index < -0.39 is 0 Å². The molecule has 9 heteroatoms. The predicted molar refractivity (Wildman–Crippen MR) is 97.9 cm³/mol. The lowest BCUT2D eigenvalue weighted by atomic mass is 10.1. The van der Waals surface area contributed by atoms with Crippen molar-refractivity contribution in [2.45, 2.75) is 20.0 Å². The highest BCUT2D eigenvalue weighted by Gasteiger charge is 2.21. The number of nitrogens with one attached hydrogen (secondary N) is 1. The highest BCUT2D eigenvalue weighted by Crippen LogP contribution is 2.43. The Kier molecular flexibility index (Phi) is 5.60. The molecule has 0 unspecified atom stereocenters. The molecule has 0 aliphatic rings. The van der Waals surface area contributed by atoms with Crippen LogP contribution in [0.3, 0.4) is 0 Å². The maximum absolute atomic E-state index is 5.49. The number of aromatic amines is 1. The van der Waals surface area contributed by atoms with Gasteiger partial charge in [-0.1, -0.05) is 5.16 Å². The zero-order valence-electron chi connectivity index (χ0n) is 16.1. The third-order valence-electron chi connectivity index (χ3n) is 4.01. The van der Waals surface area contributed by atoms with Gasteiger partial charge >= 0.3 is 0 Å². The van der Waals surface area contributed by atoms with Crippen molar-refractivity contribution in [3.63, 3.8) is 0 Å². The Labute approximate surface area is 157 Å². The molecule has 0 spiro atoms. The van der Waals surface area contributed by atoms with Gasteiger partial charge in [-0.2, -0.15) is 10.1 Å². The van der Waals surface area contributed by atoms with Gasteiger partial charge in [0.1, 0.15) is 0 Å². The number of hydrogen-bond donors (Lipinski definition) is 1. The lowest BCUT2D eigenvalue weighted by Crippen LogP contribution is -2.17. The highest BCUT2D eigenvalue weighted by atomic mass is 16.5. The van der Waals surface area contributed by atoms with Crippen LogP contribution in [-0.4, -0.2) is 53.6 Å². The predicted octanol–water partition coefficient (Wildman–Crippen LogP) is 2.43. The number of aromatic nitrogens is 4. The fourth-order valence-electron chi connectivity index (χ4n) is 2.82. The molecule has 0 saturated carbocycles. The van der Waals surface area contributed by atoms with Crippen LogP contribution in [0, 0.1) is 6.92 Å². The summed E-state index contributed by atoms with van der Waals surface area (Å²) in [5.41, 5.74) is 2.64. The molecule has 0 aliphatic heterocycles. The van der Waals surface area contributed by atoms with Gasteiger partial charge in [-0.15, -0.1) is 0 Å². The third-order valence-corrected chi connectivity index (χ3v) is 4.01. The molecule has 0 atom stereocenters. The Morgan fingerprint density at radius 2 is 1.85 bits per heavy atom. The monoisotopic (exact) mass is 373 g/mol. The van der Waals surface area contributed by atoms with Gasteiger partial charge in [-0.3, -0.25) is 10.00 Å². The van der Waals surface area contributed by atoms with E-state index >= 15 is 0 Å². The number of hydrogen-bond acceptors (Lipinski definition) is 8. The van der Waals surface area contributed by atoms with Crippen LogP contribution in [0.4, 0.5) is 0 Å². The maximum Gasteiger partial charge on any atom is 0.241 e. The van der Waals surface area contributed by atoms with Crippen molar-refractivity contribution in [3.8, 4) is 28.6 Å². The van der Waals surface area contributed by atoms with E-state index in [2.05, 4.69) is 20.3 Å². The van der Waals surface area contributed by atoms with Gasteiger partial charge in [0.15, 0.2) is 11.5 Å². The van der Waals surface area contributed by atoms with Crippen molar-refractivity contribution < 1.29 is 18.7 Å². The molecule has 0 amide bonds. The average molecular weight is 373 g/mol. The summed E-state index contributed by atoms with van der Waals surface area (Å²) in [7, 11) is 6.64. The van der Waals surface area contributed by atoms with Gasteiger partial charge in [-0.25, -0.2) is 0 Å². The first-order valence-corrected chi connectivity index (χ1v) is 8.37. The molecule has 1 N–H and O–H groups in total. The zero-order valence-corrected chi connectivity index (χ0v) is 16.1. The third kappa shape index (κ3) is 4.03. The molecule has 2 heterocycles. The normalized spacial score (nSPS) is 11.0. The second-order valence-corrected chi connectivity index (χ2v) is 6.11. The standard InChI is InChI=1S/C18H23N5O4/c1-11-8-12(21-20-11)9-23(2)10-15-19-18(22-27-15)13-6-7-14(24-3)17(26-5)16(13)25-4/h6-8H,9-10H2,1-5H3,(H,20,21). The first-order valence-electron chi connectivity index (χ1n) is 8.37. The topological polar surface area (TPSA) is 98.5 Å². The van der Waals surface area contributed by atoms with Crippen molar-refractivity contribution in [2.75, 3.05) is 28.4 Å². The molecular weight excluding hydrogens is 350 g/mol. The number of aryl methyl sites for hydroxylation is 1. The Morgan fingerprint density at radius 3 is 2.48 bits per heavy atom. The molecule has 0 fully saturated rings. The minimum absolute atomic E-state index is 0.423. The second-order valence-electron chi connectivity index (χ2n) is 6.11. The van der Waals surface area contributed by atoms with Crippen LogP contribution in [0.5, 0.6) is 17.2 Å². The molecule has 1 aromatic carbocycles. The summed E-state index contributed by atoms with van der Waals surface area (Å²) < 4.78 is 21.6. The minimum Gasteiger partial charge on any atom is -0.493 e. The van der Waals surface area contributed by atoms with Crippen molar-refractivity contribution in [1.29, 1.82) is 0 Å². The number of methoxy groups -OCH3 is 3. The Bertz CT molecular complexity index is 905. The van der Waals surface area contributed by atoms with E-state index in [1.807, 2.05) is 31.0 Å². The first-order chi connectivity index (χ1) is 13.0. The van der Waals surface area contributed by atoms with Crippen LogP contribution in [0.15, 0.2) is 22.7 Å². The molecule has 3 rings (SSSR count). The van der Waals surface area contributed by atoms with Crippen LogP contribution in [0.25, 0.3) is 11.4 Å². The van der Waals surface area contributed by atoms with Crippen molar-refractivity contribution in [3.05, 3.63) is 35.5 Å². The van der Waals surface area contributed by atoms with E-state index in [4.69, 9.17) is 18.7 Å². The number of benzene rings is 1. The van der Waals surface area contributed by atoms with Gasteiger partial charge in [0, 0.05) is 12.2 Å². The molecule has 2 aromatic heterocycles. The van der Waals surface area contributed by atoms with Gasteiger partial charge in [0.05, 0.1) is 39.1 Å². The molecular formula is C18H23N5O4. The fourth-order valence-corrected chi connectivity index (χ4v) is 2.82. The second kappa shape index (κ2) is 8.09. The molecule has 27 heavy (non-hydrogen) atoms. The van der Waals surface area contributed by atoms with Crippen molar-refractivity contribution in [2.24, 2.45) is 0 Å². The van der Waals surface area contributed by atoms with Gasteiger partial charge in [0.25, 0.3) is 0 Å². The van der Waals surface area contributed by atoms with Crippen molar-refractivity contribution in [1.82, 2.24) is 25.2 Å². The zero-order chi connectivity index (χ0) is 19.4. The first kappa shape index (κ1) is 18.7. The highest BCUT2D eigenvalue weighted by molar-refractivity contribution is 5.71. The van der Waals surface area contributed by atoms with Crippen LogP contribution in [0.2, 0.25) is 0 Å². The summed E-state index contributed by atoms with van der Waals surface area (Å²) in [6, 6.07) is 5.59. The molecule has 0 saturated heterocycles. The van der Waals surface area contributed by atoms with Crippen molar-refractivity contribution >= 4 is 0 Å². The van der Waals surface area contributed by atoms with Crippen LogP contribution in [-0.2, 0) is 13.1 Å². The number of rotatable bonds is 8. The molecule has 0 aliphatic carbocycles. The molecule has 0 bridgehead atoms.